The van der Waals surface area contributed by atoms with Crippen LogP contribution in [0.3, 0.4) is 0 Å². The summed E-state index contributed by atoms with van der Waals surface area (Å²) >= 11 is 0. The second-order valence-electron chi connectivity index (χ2n) is 37.8. The van der Waals surface area contributed by atoms with Crippen molar-refractivity contribution in [2.45, 2.75) is 38.5 Å². The smallest absolute Gasteiger partial charge is 0.143 e. The molecule has 6 heteroatoms. The van der Waals surface area contributed by atoms with Gasteiger partial charge < -0.3 is 27.8 Å². The van der Waals surface area contributed by atoms with Crippen LogP contribution in [0.4, 0.5) is 34.1 Å². The minimum Gasteiger partial charge on any atom is -0.455 e. The van der Waals surface area contributed by atoms with Gasteiger partial charge in [-0.25, -0.2) is 0 Å². The van der Waals surface area contributed by atoms with Crippen LogP contribution in [0.5, 0.6) is 0 Å². The molecule has 4 aromatic heterocycles. The molecule has 0 N–H and O–H groups in total. The lowest BCUT2D eigenvalue weighted by Gasteiger charge is -2.28. The first-order valence-electron chi connectivity index (χ1n) is 47.7. The monoisotopic (exact) mass is 1760 g/mol. The predicted molar refractivity (Wildman–Crippen MR) is 579 cm³/mol. The Morgan fingerprint density at radius 1 is 0.174 bits per heavy atom. The maximum atomic E-state index is 6.51. The van der Waals surface area contributed by atoms with Gasteiger partial charge in [0.05, 0.1) is 22.1 Å². The summed E-state index contributed by atoms with van der Waals surface area (Å²) in [5.41, 5.74) is 43.7. The molecular weight excluding hydrogens is 1670 g/mol. The molecule has 0 aliphatic heterocycles. The highest BCUT2D eigenvalue weighted by atomic mass is 16.3. The molecule has 0 unspecified atom stereocenters. The third-order valence-electron chi connectivity index (χ3n) is 29.2. The van der Waals surface area contributed by atoms with E-state index in [-0.39, 0.29) is 10.8 Å². The van der Waals surface area contributed by atoms with E-state index in [2.05, 4.69) is 514 Å². The van der Waals surface area contributed by atoms with Crippen molar-refractivity contribution < 1.29 is 8.83 Å². The highest BCUT2D eigenvalue weighted by Gasteiger charge is 2.39. The van der Waals surface area contributed by atoms with E-state index in [1.54, 1.807) is 0 Å². The van der Waals surface area contributed by atoms with Gasteiger partial charge in [-0.2, -0.15) is 0 Å². The molecule has 4 heterocycles. The Hall–Kier alpha value is -17.6. The standard InChI is InChI=1S/C69H48N2O.C63H44N2O/c1-69(2)63-43-54(36-38-57(63)58-39-37-55(44-64(58)69)71-65-25-12-9-20-59(65)60-21-10-13-26-66(60)71)70(53-34-30-48(31-35-53)56-23-15-24-62-61-22-11-14-27-67(61)72-68(56)62)52-32-28-47(29-33-52)51-41-49(45-16-5-3-6-17-45)40-50(42-51)46-18-7-4-8-19-46;1-63(2)57-39-48(35-37-51(57)52-38-36-49(40-58(52)63)65-59-20-9-6-15-53(59)54-16-7-10-21-60(54)65)64(46-31-27-44(28-32-46)43-25-23-42(24-26-43)41-13-4-3-5-14-41)47-33-29-45(30-34-47)50-18-12-19-56-55-17-8-11-22-61(55)66-62(50)56/h3-44H,1-2H3;3-40H,1-2H3. The molecule has 27 rings (SSSR count). The normalized spacial score (nSPS) is 12.8. The second-order valence-corrected chi connectivity index (χ2v) is 37.8. The number of fused-ring (bicyclic) bond motifs is 18. The highest BCUT2D eigenvalue weighted by Crippen LogP contribution is 2.56. The van der Waals surface area contributed by atoms with Gasteiger partial charge in [-0.1, -0.05) is 361 Å². The van der Waals surface area contributed by atoms with E-state index in [4.69, 9.17) is 8.83 Å². The lowest BCUT2D eigenvalue weighted by molar-refractivity contribution is 0.660. The second kappa shape index (κ2) is 32.7. The molecule has 138 heavy (non-hydrogen) atoms. The van der Waals surface area contributed by atoms with Crippen LogP contribution in [0.2, 0.25) is 0 Å². The van der Waals surface area contributed by atoms with Crippen LogP contribution in [0, 0.1) is 0 Å². The van der Waals surface area contributed by atoms with Crippen molar-refractivity contribution in [1.82, 2.24) is 9.13 Å². The number of anilines is 6. The zero-order valence-electron chi connectivity index (χ0n) is 76.8. The van der Waals surface area contributed by atoms with Gasteiger partial charge in [0, 0.05) is 111 Å². The van der Waals surface area contributed by atoms with Crippen molar-refractivity contribution in [3.05, 3.63) is 508 Å². The molecule has 0 saturated heterocycles. The zero-order valence-corrected chi connectivity index (χ0v) is 76.8. The number of hydrogen-bond acceptors (Lipinski definition) is 4. The van der Waals surface area contributed by atoms with Crippen molar-refractivity contribution in [1.29, 1.82) is 0 Å². The van der Waals surface area contributed by atoms with E-state index >= 15 is 0 Å². The van der Waals surface area contributed by atoms with Crippen LogP contribution in [0.1, 0.15) is 49.9 Å². The summed E-state index contributed by atoms with van der Waals surface area (Å²) in [7, 11) is 0. The molecular formula is C132H92N4O2. The number of nitrogens with zero attached hydrogens (tertiary/aromatic N) is 4. The van der Waals surface area contributed by atoms with E-state index in [1.807, 2.05) is 18.2 Å². The minimum absolute atomic E-state index is 0.244. The molecule has 0 fully saturated rings. The molecule has 2 aliphatic rings. The van der Waals surface area contributed by atoms with Crippen LogP contribution in [0.25, 0.3) is 199 Å². The van der Waals surface area contributed by atoms with Gasteiger partial charge in [-0.15, -0.1) is 0 Å². The molecule has 0 radical (unpaired) electrons. The summed E-state index contributed by atoms with van der Waals surface area (Å²) in [6, 6.07) is 177. The van der Waals surface area contributed by atoms with Crippen LogP contribution in [-0.2, 0) is 10.8 Å². The van der Waals surface area contributed by atoms with Gasteiger partial charge in [0.15, 0.2) is 0 Å². The third-order valence-corrected chi connectivity index (χ3v) is 29.2. The SMILES string of the molecule is CC1(C)c2cc(N(c3ccc(-c4cc(-c5ccccc5)cc(-c5ccccc5)c4)cc3)c3ccc(-c4cccc5c4oc4ccccc45)cc3)ccc2-c2ccc(-n3c4ccccc4c4ccccc43)cc21.CC1(C)c2cc(N(c3ccc(-c4ccc(-c5ccccc5)cc4)cc3)c3ccc(-c4cccc5c4oc4ccccc45)cc3)ccc2-c2ccc(-n3c4ccccc4c4ccccc43)cc21. The first kappa shape index (κ1) is 81.2. The summed E-state index contributed by atoms with van der Waals surface area (Å²) in [4.78, 5) is 4.81. The molecule has 0 saturated carbocycles. The maximum Gasteiger partial charge on any atom is 0.143 e. The number of furan rings is 2. The van der Waals surface area contributed by atoms with E-state index < -0.39 is 0 Å². The van der Waals surface area contributed by atoms with E-state index in [1.165, 1.54) is 150 Å². The molecule has 0 atom stereocenters. The summed E-state index contributed by atoms with van der Waals surface area (Å²) < 4.78 is 17.8. The fourth-order valence-corrected chi connectivity index (χ4v) is 22.3. The van der Waals surface area contributed by atoms with Gasteiger partial charge in [-0.05, 0) is 263 Å². The Morgan fingerprint density at radius 3 is 0.761 bits per heavy atom. The first-order valence-corrected chi connectivity index (χ1v) is 47.7. The third kappa shape index (κ3) is 13.6. The van der Waals surface area contributed by atoms with Crippen molar-refractivity contribution in [3.8, 4) is 112 Å². The fourth-order valence-electron chi connectivity index (χ4n) is 22.3. The Bertz CT molecular complexity index is 8930. The lowest BCUT2D eigenvalue weighted by atomic mass is 9.82. The predicted octanol–water partition coefficient (Wildman–Crippen LogP) is 36.6. The number of benzene rings is 21. The van der Waals surface area contributed by atoms with Crippen LogP contribution in [0.15, 0.2) is 494 Å². The van der Waals surface area contributed by atoms with Crippen molar-refractivity contribution in [2.75, 3.05) is 9.80 Å². The summed E-state index contributed by atoms with van der Waals surface area (Å²) in [5.74, 6) is 0. The van der Waals surface area contributed by atoms with Gasteiger partial charge in [0.2, 0.25) is 0 Å². The minimum atomic E-state index is -0.264. The summed E-state index contributed by atoms with van der Waals surface area (Å²) in [6.07, 6.45) is 0. The summed E-state index contributed by atoms with van der Waals surface area (Å²) in [6.45, 7) is 9.54. The molecule has 6 nitrogen and oxygen atoms in total. The van der Waals surface area contributed by atoms with Crippen LogP contribution >= 0.6 is 0 Å². The number of hydrogen-bond donors (Lipinski definition) is 0. The van der Waals surface area contributed by atoms with Gasteiger partial charge >= 0.3 is 0 Å². The van der Waals surface area contributed by atoms with E-state index in [0.717, 1.165) is 106 Å². The van der Waals surface area contributed by atoms with E-state index in [0.29, 0.717) is 0 Å². The van der Waals surface area contributed by atoms with Gasteiger partial charge in [0.25, 0.3) is 0 Å². The quantitative estimate of drug-likeness (QED) is 0.103. The maximum absolute atomic E-state index is 6.51. The molecule has 0 amide bonds. The molecule has 2 aliphatic carbocycles. The Morgan fingerprint density at radius 2 is 0.420 bits per heavy atom. The molecule has 21 aromatic carbocycles. The van der Waals surface area contributed by atoms with Crippen molar-refractivity contribution >= 4 is 122 Å². The molecule has 0 spiro atoms. The molecule has 0 bridgehead atoms. The van der Waals surface area contributed by atoms with Crippen molar-refractivity contribution in [3.63, 3.8) is 0 Å². The fraction of sp³-hybridized carbons (Fsp3) is 0.0455. The van der Waals surface area contributed by atoms with Gasteiger partial charge in [-0.3, -0.25) is 0 Å². The van der Waals surface area contributed by atoms with Crippen LogP contribution in [-0.4, -0.2) is 9.13 Å². The topological polar surface area (TPSA) is 42.6 Å². The van der Waals surface area contributed by atoms with Crippen molar-refractivity contribution in [2.24, 2.45) is 0 Å². The Balaban J connectivity index is 0.000000143. The average molecular weight is 1770 g/mol. The van der Waals surface area contributed by atoms with Gasteiger partial charge in [0.1, 0.15) is 22.3 Å². The lowest BCUT2D eigenvalue weighted by Crippen LogP contribution is -2.17. The largest absolute Gasteiger partial charge is 0.455 e. The molecule has 652 valence electrons. The van der Waals surface area contributed by atoms with E-state index in [9.17, 15) is 0 Å². The van der Waals surface area contributed by atoms with Crippen LogP contribution < -0.4 is 9.80 Å². The average Bonchev–Trinajstić information content (AvgIpc) is 1.56. The zero-order chi connectivity index (χ0) is 91.9. The number of aromatic nitrogens is 2. The summed E-state index contributed by atoms with van der Waals surface area (Å²) in [5, 5.41) is 9.61. The molecule has 25 aromatic rings. The highest BCUT2D eigenvalue weighted by molar-refractivity contribution is 6.13. The number of para-hydroxylation sites is 8. The Kier molecular flexibility index (Phi) is 19.2. The first-order chi connectivity index (χ1) is 67.9. The number of rotatable bonds is 15. The Labute approximate surface area is 801 Å².